The number of carbonyl (C=O) groups excluding carboxylic acids is 1. The number of fused-ring (bicyclic) bond motifs is 1. The number of hydrogen-bond donors (Lipinski definition) is 3. The fourth-order valence-electron chi connectivity index (χ4n) is 2.06. The molecule has 0 aliphatic carbocycles. The molecule has 0 spiro atoms. The van der Waals surface area contributed by atoms with Crippen LogP contribution < -0.4 is 15.8 Å². The Hall–Kier alpha value is -1.98. The van der Waals surface area contributed by atoms with E-state index in [1.807, 2.05) is 6.92 Å². The van der Waals surface area contributed by atoms with E-state index in [4.69, 9.17) is 17.3 Å². The van der Waals surface area contributed by atoms with Crippen LogP contribution in [0.5, 0.6) is 0 Å². The molecule has 0 aliphatic rings. The molecule has 4 N–H and O–H groups in total. The van der Waals surface area contributed by atoms with Crippen LogP contribution in [0.1, 0.15) is 13.3 Å². The number of carbonyl (C=O) groups is 1. The summed E-state index contributed by atoms with van der Waals surface area (Å²) in [6, 6.07) is -1.03. The topological polar surface area (TPSA) is 145 Å². The highest BCUT2D eigenvalue weighted by Crippen LogP contribution is 2.19. The van der Waals surface area contributed by atoms with Gasteiger partial charge in [-0.15, -0.1) is 0 Å². The Balaban J connectivity index is 2.33. The van der Waals surface area contributed by atoms with Crippen molar-refractivity contribution in [1.29, 1.82) is 0 Å². The fraction of sp³-hybridized carbons (Fsp3) is 0.500. The van der Waals surface area contributed by atoms with Gasteiger partial charge < -0.3 is 15.6 Å². The first kappa shape index (κ1) is 18.4. The molecule has 132 valence electrons. The van der Waals surface area contributed by atoms with Crippen LogP contribution in [-0.2, 0) is 21.4 Å². The van der Waals surface area contributed by atoms with Crippen molar-refractivity contribution in [3.8, 4) is 0 Å². The number of rotatable bonds is 7. The highest BCUT2D eigenvalue weighted by Gasteiger charge is 2.24. The normalized spacial score (nSPS) is 13.1. The monoisotopic (exact) mass is 375 g/mol. The Morgan fingerprint density at radius 3 is 2.79 bits per heavy atom. The number of nitrogens with zero attached hydrogens (tertiary/aromatic N) is 4. The third-order valence-electron chi connectivity index (χ3n) is 3.04. The van der Waals surface area contributed by atoms with Crippen LogP contribution in [0.25, 0.3) is 11.2 Å². The summed E-state index contributed by atoms with van der Waals surface area (Å²) in [7, 11) is -3.59. The first-order valence-electron chi connectivity index (χ1n) is 7.10. The van der Waals surface area contributed by atoms with Crippen molar-refractivity contribution in [2.45, 2.75) is 25.9 Å². The molecule has 2 aromatic rings. The largest absolute Gasteiger partial charge is 0.368 e. The number of imidazole rings is 1. The van der Waals surface area contributed by atoms with Gasteiger partial charge in [0.1, 0.15) is 11.6 Å². The van der Waals surface area contributed by atoms with Crippen molar-refractivity contribution >= 4 is 44.6 Å². The van der Waals surface area contributed by atoms with Gasteiger partial charge >= 0.3 is 0 Å². The second-order valence-electron chi connectivity index (χ2n) is 5.18. The van der Waals surface area contributed by atoms with Crippen molar-refractivity contribution in [2.75, 3.05) is 18.5 Å². The second-order valence-corrected chi connectivity index (χ2v) is 7.31. The molecule has 0 unspecified atom stereocenters. The van der Waals surface area contributed by atoms with Gasteiger partial charge in [0.25, 0.3) is 0 Å². The minimum atomic E-state index is -3.59. The minimum Gasteiger partial charge on any atom is -0.368 e. The lowest BCUT2D eigenvalue weighted by Crippen LogP contribution is -2.48. The SMILES string of the molecule is CCCNC(=O)[C@H](Cn1cnc2c(Cl)nc(N)nc21)NS(C)(=O)=O. The van der Waals surface area contributed by atoms with Crippen LogP contribution in [-0.4, -0.2) is 52.7 Å². The molecule has 0 aliphatic heterocycles. The van der Waals surface area contributed by atoms with E-state index in [1.54, 1.807) is 0 Å². The predicted molar refractivity (Wildman–Crippen MR) is 89.8 cm³/mol. The van der Waals surface area contributed by atoms with Crippen LogP contribution in [0.4, 0.5) is 5.95 Å². The lowest BCUT2D eigenvalue weighted by Gasteiger charge is -2.18. The molecule has 0 saturated carbocycles. The Morgan fingerprint density at radius 2 is 2.17 bits per heavy atom. The zero-order chi connectivity index (χ0) is 17.9. The quantitative estimate of drug-likeness (QED) is 0.553. The number of amides is 1. The summed E-state index contributed by atoms with van der Waals surface area (Å²) in [5, 5.41) is 2.74. The molecule has 2 heterocycles. The molecule has 24 heavy (non-hydrogen) atoms. The number of aromatic nitrogens is 4. The maximum atomic E-state index is 12.2. The summed E-state index contributed by atoms with van der Waals surface area (Å²) in [6.07, 6.45) is 3.11. The van der Waals surface area contributed by atoms with Gasteiger partial charge in [0, 0.05) is 6.54 Å². The van der Waals surface area contributed by atoms with Crippen LogP contribution >= 0.6 is 11.6 Å². The Labute approximate surface area is 143 Å². The van der Waals surface area contributed by atoms with E-state index in [9.17, 15) is 13.2 Å². The molecule has 0 bridgehead atoms. The Morgan fingerprint density at radius 1 is 1.46 bits per heavy atom. The van der Waals surface area contributed by atoms with Crippen LogP contribution in [0.15, 0.2) is 6.33 Å². The summed E-state index contributed by atoms with van der Waals surface area (Å²) < 4.78 is 26.9. The molecule has 0 fully saturated rings. The zero-order valence-electron chi connectivity index (χ0n) is 13.2. The summed E-state index contributed by atoms with van der Waals surface area (Å²) in [5.74, 6) is -0.491. The van der Waals surface area contributed by atoms with Crippen molar-refractivity contribution in [2.24, 2.45) is 0 Å². The van der Waals surface area contributed by atoms with E-state index < -0.39 is 22.0 Å². The molecule has 0 aromatic carbocycles. The van der Waals surface area contributed by atoms with Crippen LogP contribution in [0.2, 0.25) is 5.15 Å². The molecule has 12 heteroatoms. The van der Waals surface area contributed by atoms with Crippen LogP contribution in [0.3, 0.4) is 0 Å². The maximum Gasteiger partial charge on any atom is 0.240 e. The molecular formula is C12H18ClN7O3S. The summed E-state index contributed by atoms with van der Waals surface area (Å²) in [4.78, 5) is 24.1. The first-order chi connectivity index (χ1) is 11.2. The van der Waals surface area contributed by atoms with E-state index in [-0.39, 0.29) is 17.6 Å². The van der Waals surface area contributed by atoms with Gasteiger partial charge in [0.2, 0.25) is 21.9 Å². The number of anilines is 1. The number of nitrogens with one attached hydrogen (secondary N) is 2. The fourth-order valence-corrected chi connectivity index (χ4v) is 2.98. The van der Waals surface area contributed by atoms with Gasteiger partial charge in [0.05, 0.1) is 19.1 Å². The third kappa shape index (κ3) is 4.52. The van der Waals surface area contributed by atoms with Gasteiger partial charge in [-0.25, -0.2) is 18.1 Å². The molecule has 2 aromatic heterocycles. The van der Waals surface area contributed by atoms with Crippen molar-refractivity contribution < 1.29 is 13.2 Å². The predicted octanol–water partition coefficient (Wildman–Crippen LogP) is -0.494. The number of nitrogens with two attached hydrogens (primary N) is 1. The average molecular weight is 376 g/mol. The molecule has 10 nitrogen and oxygen atoms in total. The highest BCUT2D eigenvalue weighted by molar-refractivity contribution is 7.88. The Bertz CT molecular complexity index is 852. The van der Waals surface area contributed by atoms with Crippen molar-refractivity contribution in [1.82, 2.24) is 29.6 Å². The minimum absolute atomic E-state index is 0.0219. The molecular weight excluding hydrogens is 358 g/mol. The van der Waals surface area contributed by atoms with E-state index >= 15 is 0 Å². The van der Waals surface area contributed by atoms with Crippen molar-refractivity contribution in [3.05, 3.63) is 11.5 Å². The third-order valence-corrected chi connectivity index (χ3v) is 4.02. The maximum absolute atomic E-state index is 12.2. The van der Waals surface area contributed by atoms with Crippen LogP contribution in [0, 0.1) is 0 Å². The van der Waals surface area contributed by atoms with Gasteiger partial charge in [0.15, 0.2) is 10.8 Å². The van der Waals surface area contributed by atoms with Gasteiger partial charge in [-0.2, -0.15) is 9.97 Å². The van der Waals surface area contributed by atoms with Gasteiger partial charge in [-0.3, -0.25) is 4.79 Å². The smallest absolute Gasteiger partial charge is 0.240 e. The molecule has 1 amide bonds. The van der Waals surface area contributed by atoms with Crippen molar-refractivity contribution in [3.63, 3.8) is 0 Å². The van der Waals surface area contributed by atoms with E-state index in [2.05, 4.69) is 25.0 Å². The number of nitrogen functional groups attached to an aromatic ring is 1. The average Bonchev–Trinajstić information content (AvgIpc) is 2.86. The summed E-state index contributed by atoms with van der Waals surface area (Å²) >= 11 is 5.95. The van der Waals surface area contributed by atoms with E-state index in [0.717, 1.165) is 12.7 Å². The first-order valence-corrected chi connectivity index (χ1v) is 9.37. The second kappa shape index (κ2) is 7.28. The van der Waals surface area contributed by atoms with E-state index in [0.29, 0.717) is 17.7 Å². The van der Waals surface area contributed by atoms with Gasteiger partial charge in [-0.1, -0.05) is 18.5 Å². The molecule has 2 rings (SSSR count). The summed E-state index contributed by atoms with van der Waals surface area (Å²) in [5.41, 5.74) is 6.21. The number of sulfonamides is 1. The standard InChI is InChI=1S/C12H18ClN7O3S/c1-3-4-15-11(21)7(19-24(2,22)23)5-20-6-16-8-9(13)17-12(14)18-10(8)20/h6-7,19H,3-5H2,1-2H3,(H,15,21)(H2,14,17,18)/t7-/m0/s1. The lowest BCUT2D eigenvalue weighted by molar-refractivity contribution is -0.123. The number of hydrogen-bond acceptors (Lipinski definition) is 7. The zero-order valence-corrected chi connectivity index (χ0v) is 14.7. The summed E-state index contributed by atoms with van der Waals surface area (Å²) in [6.45, 7) is 2.31. The lowest BCUT2D eigenvalue weighted by atomic mass is 10.3. The van der Waals surface area contributed by atoms with E-state index in [1.165, 1.54) is 10.9 Å². The molecule has 0 radical (unpaired) electrons. The number of halogens is 1. The highest BCUT2D eigenvalue weighted by atomic mass is 35.5. The Kier molecular flexibility index (Phi) is 5.57. The molecule has 1 atom stereocenters. The molecule has 0 saturated heterocycles. The van der Waals surface area contributed by atoms with Gasteiger partial charge in [-0.05, 0) is 6.42 Å².